The highest BCUT2D eigenvalue weighted by Gasteiger charge is 2.09. The summed E-state index contributed by atoms with van der Waals surface area (Å²) in [4.78, 5) is 8.85. The Balaban J connectivity index is 2.62. The molecular formula is C14H25N3O. The van der Waals surface area contributed by atoms with Gasteiger partial charge in [0.15, 0.2) is 5.82 Å². The molecule has 102 valence electrons. The second-order valence-electron chi connectivity index (χ2n) is 5.00. The van der Waals surface area contributed by atoms with Crippen LogP contribution < -0.4 is 5.32 Å². The molecule has 0 bridgehead atoms. The summed E-state index contributed by atoms with van der Waals surface area (Å²) in [5, 5.41) is 3.28. The van der Waals surface area contributed by atoms with Crippen LogP contribution in [0.2, 0.25) is 0 Å². The van der Waals surface area contributed by atoms with Gasteiger partial charge in [0.05, 0.1) is 6.10 Å². The van der Waals surface area contributed by atoms with Crippen LogP contribution in [0.15, 0.2) is 6.07 Å². The van der Waals surface area contributed by atoms with Gasteiger partial charge in [0.2, 0.25) is 0 Å². The Hall–Kier alpha value is -1.16. The van der Waals surface area contributed by atoms with Crippen molar-refractivity contribution in [1.82, 2.24) is 9.97 Å². The van der Waals surface area contributed by atoms with Gasteiger partial charge in [-0.05, 0) is 26.2 Å². The predicted octanol–water partition coefficient (Wildman–Crippen LogP) is 3.17. The fourth-order valence-corrected chi connectivity index (χ4v) is 1.44. The zero-order chi connectivity index (χ0) is 13.5. The van der Waals surface area contributed by atoms with Crippen molar-refractivity contribution >= 4 is 5.82 Å². The van der Waals surface area contributed by atoms with Crippen molar-refractivity contribution < 1.29 is 4.74 Å². The van der Waals surface area contributed by atoms with Gasteiger partial charge in [-0.25, -0.2) is 9.97 Å². The third-order valence-corrected chi connectivity index (χ3v) is 2.87. The molecule has 1 rings (SSSR count). The number of ether oxygens (including phenoxy) is 1. The van der Waals surface area contributed by atoms with Crippen molar-refractivity contribution in [3.63, 3.8) is 0 Å². The third-order valence-electron chi connectivity index (χ3n) is 2.87. The summed E-state index contributed by atoms with van der Waals surface area (Å²) in [6, 6.07) is 1.96. The predicted molar refractivity (Wildman–Crippen MR) is 74.6 cm³/mol. The number of rotatable bonds is 7. The van der Waals surface area contributed by atoms with Crippen LogP contribution in [0.5, 0.6) is 0 Å². The van der Waals surface area contributed by atoms with Crippen molar-refractivity contribution in [1.29, 1.82) is 0 Å². The van der Waals surface area contributed by atoms with Gasteiger partial charge in [-0.2, -0.15) is 0 Å². The topological polar surface area (TPSA) is 47.0 Å². The van der Waals surface area contributed by atoms with E-state index < -0.39 is 0 Å². The van der Waals surface area contributed by atoms with E-state index in [9.17, 15) is 0 Å². The third kappa shape index (κ3) is 5.00. The maximum Gasteiger partial charge on any atom is 0.156 e. The quantitative estimate of drug-likeness (QED) is 0.808. The van der Waals surface area contributed by atoms with Gasteiger partial charge in [0, 0.05) is 18.3 Å². The van der Waals surface area contributed by atoms with Crippen LogP contribution in [0.25, 0.3) is 0 Å². The van der Waals surface area contributed by atoms with E-state index in [1.807, 2.05) is 13.0 Å². The maximum atomic E-state index is 5.75. The van der Waals surface area contributed by atoms with Crippen molar-refractivity contribution in [2.24, 2.45) is 5.92 Å². The van der Waals surface area contributed by atoms with Crippen LogP contribution in [0, 0.1) is 12.8 Å². The molecule has 0 aliphatic rings. The number of aryl methyl sites for hydroxylation is 1. The molecule has 0 saturated carbocycles. The van der Waals surface area contributed by atoms with Gasteiger partial charge >= 0.3 is 0 Å². The maximum absolute atomic E-state index is 5.75. The minimum absolute atomic E-state index is 0.223. The Labute approximate surface area is 110 Å². The normalized spacial score (nSPS) is 12.8. The lowest BCUT2D eigenvalue weighted by atomic mass is 10.1. The zero-order valence-corrected chi connectivity index (χ0v) is 12.2. The van der Waals surface area contributed by atoms with Crippen molar-refractivity contribution in [2.45, 2.75) is 53.8 Å². The zero-order valence-electron chi connectivity index (χ0n) is 12.2. The standard InChI is InChI=1S/C14H25N3O/c1-6-7-15-13-8-11(4)16-14(17-13)9-18-12(5)10(2)3/h8,10,12H,6-7,9H2,1-5H3,(H,15,16,17). The van der Waals surface area contributed by atoms with Crippen LogP contribution in [0.4, 0.5) is 5.82 Å². The van der Waals surface area contributed by atoms with E-state index in [1.165, 1.54) is 0 Å². The fourth-order valence-electron chi connectivity index (χ4n) is 1.44. The highest BCUT2D eigenvalue weighted by atomic mass is 16.5. The Bertz CT molecular complexity index is 366. The largest absolute Gasteiger partial charge is 0.370 e. The summed E-state index contributed by atoms with van der Waals surface area (Å²) < 4.78 is 5.75. The molecule has 1 N–H and O–H groups in total. The first kappa shape index (κ1) is 14.9. The van der Waals surface area contributed by atoms with Gasteiger partial charge in [-0.1, -0.05) is 20.8 Å². The Kier molecular flexibility index (Phi) is 6.05. The molecule has 1 aromatic rings. The average molecular weight is 251 g/mol. The fraction of sp³-hybridized carbons (Fsp3) is 0.714. The molecule has 0 fully saturated rings. The number of anilines is 1. The second kappa shape index (κ2) is 7.31. The Morgan fingerprint density at radius 1 is 1.28 bits per heavy atom. The molecule has 0 aliphatic carbocycles. The average Bonchev–Trinajstić information content (AvgIpc) is 2.32. The van der Waals surface area contributed by atoms with Crippen molar-refractivity contribution in [3.05, 3.63) is 17.6 Å². The molecule has 0 aromatic carbocycles. The Morgan fingerprint density at radius 2 is 2.00 bits per heavy atom. The number of nitrogens with one attached hydrogen (secondary N) is 1. The minimum atomic E-state index is 0.223. The lowest BCUT2D eigenvalue weighted by Gasteiger charge is -2.16. The minimum Gasteiger partial charge on any atom is -0.370 e. The number of aromatic nitrogens is 2. The molecule has 1 atom stereocenters. The number of nitrogens with zero attached hydrogens (tertiary/aromatic N) is 2. The SMILES string of the molecule is CCCNc1cc(C)nc(COC(C)C(C)C)n1. The molecule has 1 unspecified atom stereocenters. The molecule has 0 saturated heterocycles. The first-order valence-electron chi connectivity index (χ1n) is 6.73. The van der Waals surface area contributed by atoms with Crippen LogP contribution in [-0.4, -0.2) is 22.6 Å². The molecule has 0 amide bonds. The molecule has 0 spiro atoms. The van der Waals surface area contributed by atoms with E-state index in [-0.39, 0.29) is 6.10 Å². The van der Waals surface area contributed by atoms with Gasteiger partial charge in [0.1, 0.15) is 12.4 Å². The van der Waals surface area contributed by atoms with Crippen LogP contribution in [0.3, 0.4) is 0 Å². The summed E-state index contributed by atoms with van der Waals surface area (Å²) in [6.07, 6.45) is 1.31. The summed E-state index contributed by atoms with van der Waals surface area (Å²) >= 11 is 0. The molecule has 0 aliphatic heterocycles. The van der Waals surface area contributed by atoms with Gasteiger partial charge in [-0.15, -0.1) is 0 Å². The van der Waals surface area contributed by atoms with E-state index >= 15 is 0 Å². The summed E-state index contributed by atoms with van der Waals surface area (Å²) in [7, 11) is 0. The summed E-state index contributed by atoms with van der Waals surface area (Å²) in [5.74, 6) is 2.15. The smallest absolute Gasteiger partial charge is 0.156 e. The number of hydrogen-bond acceptors (Lipinski definition) is 4. The highest BCUT2D eigenvalue weighted by Crippen LogP contribution is 2.10. The molecule has 18 heavy (non-hydrogen) atoms. The molecule has 1 heterocycles. The first-order valence-corrected chi connectivity index (χ1v) is 6.73. The summed E-state index contributed by atoms with van der Waals surface area (Å²) in [6.45, 7) is 11.9. The molecule has 4 nitrogen and oxygen atoms in total. The molecule has 0 radical (unpaired) electrons. The molecule has 1 aromatic heterocycles. The molecular weight excluding hydrogens is 226 g/mol. The second-order valence-corrected chi connectivity index (χ2v) is 5.00. The van der Waals surface area contributed by atoms with E-state index in [2.05, 4.69) is 43.0 Å². The van der Waals surface area contributed by atoms with Crippen LogP contribution >= 0.6 is 0 Å². The lowest BCUT2D eigenvalue weighted by molar-refractivity contribution is 0.0200. The van der Waals surface area contributed by atoms with E-state index in [0.29, 0.717) is 12.5 Å². The summed E-state index contributed by atoms with van der Waals surface area (Å²) in [5.41, 5.74) is 0.972. The van der Waals surface area contributed by atoms with Crippen molar-refractivity contribution in [3.8, 4) is 0 Å². The van der Waals surface area contributed by atoms with Gasteiger partial charge in [0.25, 0.3) is 0 Å². The van der Waals surface area contributed by atoms with Crippen LogP contribution in [0.1, 0.15) is 45.6 Å². The van der Waals surface area contributed by atoms with Crippen LogP contribution in [-0.2, 0) is 11.3 Å². The van der Waals surface area contributed by atoms with Crippen molar-refractivity contribution in [2.75, 3.05) is 11.9 Å². The van der Waals surface area contributed by atoms with E-state index in [1.54, 1.807) is 0 Å². The first-order chi connectivity index (χ1) is 8.52. The monoisotopic (exact) mass is 251 g/mol. The molecule has 4 heteroatoms. The lowest BCUT2D eigenvalue weighted by Crippen LogP contribution is -2.16. The van der Waals surface area contributed by atoms with Gasteiger partial charge < -0.3 is 10.1 Å². The number of hydrogen-bond donors (Lipinski definition) is 1. The van der Waals surface area contributed by atoms with E-state index in [0.717, 1.165) is 30.3 Å². The Morgan fingerprint density at radius 3 is 2.61 bits per heavy atom. The van der Waals surface area contributed by atoms with Gasteiger partial charge in [-0.3, -0.25) is 0 Å². The van der Waals surface area contributed by atoms with E-state index in [4.69, 9.17) is 4.74 Å². The highest BCUT2D eigenvalue weighted by molar-refractivity contribution is 5.35.